The fraction of sp³-hybridized carbons (Fsp3) is 0.667. The third-order valence-electron chi connectivity index (χ3n) is 4.60. The van der Waals surface area contributed by atoms with Crippen molar-refractivity contribution < 1.29 is 23.0 Å². The summed E-state index contributed by atoms with van der Waals surface area (Å²) in [5.41, 5.74) is -1.23. The van der Waals surface area contributed by atoms with E-state index in [4.69, 9.17) is 4.74 Å². The highest BCUT2D eigenvalue weighted by atomic mass is 19.4. The quantitative estimate of drug-likeness (QED) is 0.497. The van der Waals surface area contributed by atoms with Crippen LogP contribution in [-0.4, -0.2) is 35.4 Å². The van der Waals surface area contributed by atoms with Gasteiger partial charge in [-0.2, -0.15) is 13.2 Å². The predicted octanol–water partition coefficient (Wildman–Crippen LogP) is 4.24. The van der Waals surface area contributed by atoms with E-state index in [1.54, 1.807) is 26.8 Å². The summed E-state index contributed by atoms with van der Waals surface area (Å²) in [7, 11) is 0. The minimum atomic E-state index is -4.49. The summed E-state index contributed by atoms with van der Waals surface area (Å²) >= 11 is 0. The van der Waals surface area contributed by atoms with Crippen LogP contribution in [0.1, 0.15) is 64.5 Å². The van der Waals surface area contributed by atoms with E-state index in [2.05, 4.69) is 15.6 Å². The molecule has 0 atom stereocenters. The second-order valence-corrected chi connectivity index (χ2v) is 8.38. The van der Waals surface area contributed by atoms with Gasteiger partial charge in [0.2, 0.25) is 0 Å². The summed E-state index contributed by atoms with van der Waals surface area (Å²) in [4.78, 5) is 4.37. The second kappa shape index (κ2) is 9.69. The number of halogens is 3. The van der Waals surface area contributed by atoms with E-state index >= 15 is 0 Å². The van der Waals surface area contributed by atoms with Crippen LogP contribution in [0.4, 0.5) is 13.2 Å². The molecular formula is C21H32F3N3O2. The molecule has 0 aromatic heterocycles. The summed E-state index contributed by atoms with van der Waals surface area (Å²) in [6.45, 7) is 7.77. The molecule has 0 saturated heterocycles. The number of aliphatic hydroxyl groups is 1. The first-order valence-electron chi connectivity index (χ1n) is 10.1. The Kier molecular flexibility index (Phi) is 7.80. The van der Waals surface area contributed by atoms with E-state index in [0.717, 1.165) is 18.9 Å². The van der Waals surface area contributed by atoms with Gasteiger partial charge in [0.1, 0.15) is 11.4 Å². The van der Waals surface area contributed by atoms with Crippen LogP contribution in [0.25, 0.3) is 0 Å². The van der Waals surface area contributed by atoms with E-state index in [-0.39, 0.29) is 30.0 Å². The molecule has 0 unspecified atom stereocenters. The Bertz CT molecular complexity index is 691. The maximum Gasteiger partial charge on any atom is 0.416 e. The molecule has 0 aliphatic heterocycles. The van der Waals surface area contributed by atoms with Gasteiger partial charge < -0.3 is 20.5 Å². The third kappa shape index (κ3) is 7.76. The first kappa shape index (κ1) is 23.3. The summed E-state index contributed by atoms with van der Waals surface area (Å²) < 4.78 is 46.3. The van der Waals surface area contributed by atoms with Crippen molar-refractivity contribution in [2.24, 2.45) is 4.99 Å². The zero-order valence-electron chi connectivity index (χ0n) is 17.6. The molecule has 1 aromatic carbocycles. The number of nitrogens with zero attached hydrogens (tertiary/aromatic N) is 1. The van der Waals surface area contributed by atoms with Crippen molar-refractivity contribution in [2.45, 2.75) is 83.8 Å². The van der Waals surface area contributed by atoms with Crippen molar-refractivity contribution in [3.8, 4) is 5.75 Å². The van der Waals surface area contributed by atoms with Crippen LogP contribution in [0.3, 0.4) is 0 Å². The summed E-state index contributed by atoms with van der Waals surface area (Å²) in [5.74, 6) is 0.667. The van der Waals surface area contributed by atoms with E-state index < -0.39 is 17.3 Å². The van der Waals surface area contributed by atoms with Crippen LogP contribution < -0.4 is 15.4 Å². The van der Waals surface area contributed by atoms with Crippen molar-refractivity contribution in [1.29, 1.82) is 0 Å². The third-order valence-corrected chi connectivity index (χ3v) is 4.60. The molecule has 0 radical (unpaired) electrons. The smallest absolute Gasteiger partial charge is 0.416 e. The first-order valence-corrected chi connectivity index (χ1v) is 10.1. The maximum absolute atomic E-state index is 13.6. The molecule has 1 aliphatic carbocycles. The van der Waals surface area contributed by atoms with Crippen LogP contribution in [0.15, 0.2) is 23.2 Å². The van der Waals surface area contributed by atoms with E-state index in [1.165, 1.54) is 6.07 Å². The Labute approximate surface area is 170 Å². The molecule has 0 spiro atoms. The van der Waals surface area contributed by atoms with Crippen molar-refractivity contribution in [3.63, 3.8) is 0 Å². The number of rotatable bonds is 5. The summed E-state index contributed by atoms with van der Waals surface area (Å²) in [6.07, 6.45) is -1.73. The molecule has 8 heteroatoms. The lowest BCUT2D eigenvalue weighted by atomic mass is 9.93. The Morgan fingerprint density at radius 3 is 2.38 bits per heavy atom. The molecular weight excluding hydrogens is 383 g/mol. The van der Waals surface area contributed by atoms with Crippen LogP contribution in [0.2, 0.25) is 0 Å². The molecule has 0 amide bonds. The monoisotopic (exact) mass is 415 g/mol. The predicted molar refractivity (Wildman–Crippen MR) is 108 cm³/mol. The zero-order valence-corrected chi connectivity index (χ0v) is 17.6. The lowest BCUT2D eigenvalue weighted by Gasteiger charge is -2.27. The molecule has 164 valence electrons. The highest BCUT2D eigenvalue weighted by molar-refractivity contribution is 5.80. The van der Waals surface area contributed by atoms with Crippen molar-refractivity contribution >= 4 is 5.96 Å². The fourth-order valence-corrected chi connectivity index (χ4v) is 3.27. The minimum Gasteiger partial charge on any atom is -0.488 e. The number of aliphatic imine (C=N–C) groups is 1. The van der Waals surface area contributed by atoms with Crippen molar-refractivity contribution in [2.75, 3.05) is 6.54 Å². The standard InChI is InChI=1S/C21H32F3N3O2/c1-5-25-19(27-15-7-9-16(28)10-8-15)26-13-14-6-11-17(29-20(2,3)4)12-18(14)21(22,23)24/h6,11-12,15-16,28H,5,7-10,13H2,1-4H3,(H2,25,26,27). The van der Waals surface area contributed by atoms with E-state index in [9.17, 15) is 18.3 Å². The van der Waals surface area contributed by atoms with Crippen molar-refractivity contribution in [1.82, 2.24) is 10.6 Å². The van der Waals surface area contributed by atoms with Gasteiger partial charge >= 0.3 is 6.18 Å². The number of ether oxygens (including phenoxy) is 1. The molecule has 5 nitrogen and oxygen atoms in total. The largest absolute Gasteiger partial charge is 0.488 e. The van der Waals surface area contributed by atoms with Gasteiger partial charge in [-0.3, -0.25) is 0 Å². The number of aliphatic hydroxyl groups excluding tert-OH is 1. The molecule has 29 heavy (non-hydrogen) atoms. The highest BCUT2D eigenvalue weighted by Gasteiger charge is 2.34. The number of alkyl halides is 3. The molecule has 2 rings (SSSR count). The SMILES string of the molecule is CCNC(=NCc1ccc(OC(C)(C)C)cc1C(F)(F)F)NC1CCC(O)CC1. The molecule has 0 heterocycles. The highest BCUT2D eigenvalue weighted by Crippen LogP contribution is 2.35. The molecule has 3 N–H and O–H groups in total. The summed E-state index contributed by atoms with van der Waals surface area (Å²) in [6, 6.07) is 4.17. The summed E-state index contributed by atoms with van der Waals surface area (Å²) in [5, 5.41) is 16.0. The van der Waals surface area contributed by atoms with Gasteiger partial charge in [0.25, 0.3) is 0 Å². The number of guanidine groups is 1. The first-order chi connectivity index (χ1) is 13.5. The van der Waals surface area contributed by atoms with Crippen molar-refractivity contribution in [3.05, 3.63) is 29.3 Å². The lowest BCUT2D eigenvalue weighted by molar-refractivity contribution is -0.138. The maximum atomic E-state index is 13.6. The number of benzene rings is 1. The number of nitrogens with one attached hydrogen (secondary N) is 2. The Hall–Kier alpha value is -1.96. The van der Waals surface area contributed by atoms with Gasteiger partial charge in [0.15, 0.2) is 5.96 Å². The Balaban J connectivity index is 2.18. The normalized spacial score (nSPS) is 21.0. The number of hydrogen-bond acceptors (Lipinski definition) is 3. The average molecular weight is 416 g/mol. The van der Waals surface area contributed by atoms with Gasteiger partial charge in [0.05, 0.1) is 18.2 Å². The Morgan fingerprint density at radius 1 is 1.17 bits per heavy atom. The number of hydrogen-bond donors (Lipinski definition) is 3. The molecule has 1 fully saturated rings. The molecule has 0 bridgehead atoms. The van der Waals surface area contributed by atoms with Gasteiger partial charge in [0, 0.05) is 12.6 Å². The Morgan fingerprint density at radius 2 is 1.83 bits per heavy atom. The molecule has 1 aliphatic rings. The minimum absolute atomic E-state index is 0.0926. The topological polar surface area (TPSA) is 65.9 Å². The molecule has 1 aromatic rings. The van der Waals surface area contributed by atoms with E-state index in [0.29, 0.717) is 25.3 Å². The van der Waals surface area contributed by atoms with Gasteiger partial charge in [-0.15, -0.1) is 0 Å². The lowest BCUT2D eigenvalue weighted by Crippen LogP contribution is -2.45. The average Bonchev–Trinajstić information content (AvgIpc) is 2.60. The second-order valence-electron chi connectivity index (χ2n) is 8.38. The van der Waals surface area contributed by atoms with E-state index in [1.807, 2.05) is 6.92 Å². The fourth-order valence-electron chi connectivity index (χ4n) is 3.27. The van der Waals surface area contributed by atoms with Crippen LogP contribution >= 0.6 is 0 Å². The van der Waals surface area contributed by atoms with Crippen LogP contribution in [-0.2, 0) is 12.7 Å². The zero-order chi connectivity index (χ0) is 21.7. The molecule has 1 saturated carbocycles. The van der Waals surface area contributed by atoms with Crippen LogP contribution in [0, 0.1) is 0 Å². The van der Waals surface area contributed by atoms with Gasteiger partial charge in [-0.25, -0.2) is 4.99 Å². The van der Waals surface area contributed by atoms with Gasteiger partial charge in [-0.1, -0.05) is 6.07 Å². The van der Waals surface area contributed by atoms with Gasteiger partial charge in [-0.05, 0) is 71.1 Å². The van der Waals surface area contributed by atoms with Crippen LogP contribution in [0.5, 0.6) is 5.75 Å².